The van der Waals surface area contributed by atoms with Crippen molar-refractivity contribution in [3.05, 3.63) is 52.8 Å². The summed E-state index contributed by atoms with van der Waals surface area (Å²) in [5, 5.41) is 6.77. The highest BCUT2D eigenvalue weighted by Gasteiger charge is 2.35. The normalized spacial score (nSPS) is 19.4. The SMILES string of the molecule is CCC[C@H]1CN(c2ncc(-c3ncn[nH]3)nc2C)CCN1C1CCN(C(=O)c2ccc(Cl)c(F)c2)CC1. The van der Waals surface area contributed by atoms with Crippen molar-refractivity contribution in [3.8, 4) is 11.5 Å². The predicted molar refractivity (Wildman–Crippen MR) is 140 cm³/mol. The van der Waals surface area contributed by atoms with Crippen molar-refractivity contribution in [2.75, 3.05) is 37.6 Å². The first-order valence-electron chi connectivity index (χ1n) is 12.9. The molecule has 2 aromatic heterocycles. The summed E-state index contributed by atoms with van der Waals surface area (Å²) >= 11 is 5.78. The molecule has 11 heteroatoms. The molecule has 2 fully saturated rings. The molecule has 9 nitrogen and oxygen atoms in total. The molecule has 0 bridgehead atoms. The first kappa shape index (κ1) is 25.5. The van der Waals surface area contributed by atoms with Gasteiger partial charge in [-0.2, -0.15) is 5.10 Å². The average molecular weight is 527 g/mol. The van der Waals surface area contributed by atoms with E-state index in [0.717, 1.165) is 56.8 Å². The van der Waals surface area contributed by atoms with E-state index in [1.54, 1.807) is 12.3 Å². The van der Waals surface area contributed by atoms with Crippen LogP contribution in [0.25, 0.3) is 11.5 Å². The second-order valence-electron chi connectivity index (χ2n) is 9.78. The van der Waals surface area contributed by atoms with E-state index in [2.05, 4.69) is 31.9 Å². The van der Waals surface area contributed by atoms with Gasteiger partial charge in [-0.15, -0.1) is 0 Å². The number of carbonyl (C=O) groups excluding carboxylic acids is 1. The minimum atomic E-state index is -0.560. The van der Waals surface area contributed by atoms with E-state index in [1.165, 1.54) is 18.5 Å². The van der Waals surface area contributed by atoms with E-state index in [4.69, 9.17) is 21.6 Å². The lowest BCUT2D eigenvalue weighted by atomic mass is 9.96. The summed E-state index contributed by atoms with van der Waals surface area (Å²) in [5.74, 6) is 0.837. The molecule has 0 unspecified atom stereocenters. The number of piperazine rings is 1. The van der Waals surface area contributed by atoms with Crippen LogP contribution in [0.2, 0.25) is 5.02 Å². The van der Waals surface area contributed by atoms with Crippen molar-refractivity contribution in [2.45, 2.75) is 51.6 Å². The number of benzene rings is 1. The molecule has 37 heavy (non-hydrogen) atoms. The highest BCUT2D eigenvalue weighted by Crippen LogP contribution is 2.28. The first-order chi connectivity index (χ1) is 17.9. The maximum Gasteiger partial charge on any atom is 0.253 e. The van der Waals surface area contributed by atoms with Crippen LogP contribution in [0.1, 0.15) is 48.7 Å². The van der Waals surface area contributed by atoms with E-state index < -0.39 is 5.82 Å². The minimum absolute atomic E-state index is 0.0308. The number of nitrogens with one attached hydrogen (secondary N) is 1. The molecule has 0 aliphatic carbocycles. The molecule has 2 aliphatic rings. The highest BCUT2D eigenvalue weighted by molar-refractivity contribution is 6.30. The largest absolute Gasteiger partial charge is 0.352 e. The Balaban J connectivity index is 1.22. The van der Waals surface area contributed by atoms with Crippen LogP contribution in [-0.4, -0.2) is 85.7 Å². The van der Waals surface area contributed by atoms with Crippen LogP contribution < -0.4 is 4.90 Å². The van der Waals surface area contributed by atoms with Crippen LogP contribution in [0.4, 0.5) is 10.2 Å². The lowest BCUT2D eigenvalue weighted by molar-refractivity contribution is 0.0480. The van der Waals surface area contributed by atoms with E-state index in [-0.39, 0.29) is 10.9 Å². The molecule has 2 saturated heterocycles. The third-order valence-corrected chi connectivity index (χ3v) is 7.72. The summed E-state index contributed by atoms with van der Waals surface area (Å²) in [4.78, 5) is 33.4. The van der Waals surface area contributed by atoms with Crippen molar-refractivity contribution < 1.29 is 9.18 Å². The fraction of sp³-hybridized carbons (Fsp3) is 0.500. The summed E-state index contributed by atoms with van der Waals surface area (Å²) in [6, 6.07) is 5.10. The van der Waals surface area contributed by atoms with Crippen molar-refractivity contribution in [1.29, 1.82) is 0 Å². The second kappa shape index (κ2) is 11.1. The van der Waals surface area contributed by atoms with Crippen LogP contribution in [0.5, 0.6) is 0 Å². The fourth-order valence-electron chi connectivity index (χ4n) is 5.57. The minimum Gasteiger partial charge on any atom is -0.352 e. The van der Waals surface area contributed by atoms with Gasteiger partial charge < -0.3 is 9.80 Å². The molecule has 5 rings (SSSR count). The number of halogens is 2. The quantitative estimate of drug-likeness (QED) is 0.519. The zero-order chi connectivity index (χ0) is 25.9. The van der Waals surface area contributed by atoms with Crippen LogP contribution in [0.15, 0.2) is 30.7 Å². The van der Waals surface area contributed by atoms with Gasteiger partial charge >= 0.3 is 0 Å². The Labute approximate surface area is 221 Å². The maximum absolute atomic E-state index is 13.9. The molecule has 1 N–H and O–H groups in total. The lowest BCUT2D eigenvalue weighted by Gasteiger charge is -2.48. The lowest BCUT2D eigenvalue weighted by Crippen LogP contribution is -2.59. The zero-order valence-electron chi connectivity index (χ0n) is 21.2. The second-order valence-corrected chi connectivity index (χ2v) is 10.2. The molecule has 0 saturated carbocycles. The van der Waals surface area contributed by atoms with Gasteiger partial charge in [-0.05, 0) is 44.4 Å². The number of hydrogen-bond acceptors (Lipinski definition) is 7. The van der Waals surface area contributed by atoms with E-state index in [0.29, 0.717) is 42.3 Å². The van der Waals surface area contributed by atoms with Gasteiger partial charge in [-0.1, -0.05) is 24.9 Å². The molecule has 1 aromatic carbocycles. The third kappa shape index (κ3) is 5.45. The van der Waals surface area contributed by atoms with Crippen molar-refractivity contribution in [1.82, 2.24) is 34.9 Å². The number of anilines is 1. The Hall–Kier alpha value is -3.11. The highest BCUT2D eigenvalue weighted by atomic mass is 35.5. The van der Waals surface area contributed by atoms with Gasteiger partial charge in [-0.3, -0.25) is 14.8 Å². The molecule has 2 aliphatic heterocycles. The van der Waals surface area contributed by atoms with Gasteiger partial charge in [0.05, 0.1) is 16.9 Å². The van der Waals surface area contributed by atoms with E-state index >= 15 is 0 Å². The monoisotopic (exact) mass is 526 g/mol. The number of H-pyrrole nitrogens is 1. The van der Waals surface area contributed by atoms with Gasteiger partial charge in [0.15, 0.2) is 5.82 Å². The molecule has 1 atom stereocenters. The first-order valence-corrected chi connectivity index (χ1v) is 13.3. The van der Waals surface area contributed by atoms with Crippen LogP contribution in [-0.2, 0) is 0 Å². The summed E-state index contributed by atoms with van der Waals surface area (Å²) < 4.78 is 13.9. The van der Waals surface area contributed by atoms with Crippen LogP contribution in [0, 0.1) is 12.7 Å². The Morgan fingerprint density at radius 1 is 1.19 bits per heavy atom. The summed E-state index contributed by atoms with van der Waals surface area (Å²) in [6.07, 6.45) is 7.24. The third-order valence-electron chi connectivity index (χ3n) is 7.42. The topological polar surface area (TPSA) is 94.1 Å². The molecule has 1 amide bonds. The number of piperidine rings is 1. The number of carbonyl (C=O) groups is 1. The molecule has 0 spiro atoms. The summed E-state index contributed by atoms with van der Waals surface area (Å²) in [6.45, 7) is 8.26. The summed E-state index contributed by atoms with van der Waals surface area (Å²) in [7, 11) is 0. The standard InChI is InChI=1S/C26H32ClFN8O/c1-3-4-20-15-35(25-17(2)32-23(14-29-25)24-30-16-31-33-24)11-12-36(20)19-7-9-34(10-8-19)26(37)18-5-6-21(27)22(28)13-18/h5-6,13-14,16,19-20H,3-4,7-12,15H2,1-2H3,(H,30,31,33)/t20-/m0/s1. The van der Waals surface area contributed by atoms with Crippen LogP contribution in [0.3, 0.4) is 0 Å². The van der Waals surface area contributed by atoms with Gasteiger partial charge in [0, 0.05) is 50.4 Å². The molecule has 0 radical (unpaired) electrons. The molecule has 3 aromatic rings. The smallest absolute Gasteiger partial charge is 0.253 e. The number of amides is 1. The van der Waals surface area contributed by atoms with Gasteiger partial charge in [0.1, 0.15) is 23.7 Å². The predicted octanol–water partition coefficient (Wildman–Crippen LogP) is 3.96. The molecule has 4 heterocycles. The van der Waals surface area contributed by atoms with Gasteiger partial charge in [-0.25, -0.2) is 19.3 Å². The van der Waals surface area contributed by atoms with E-state index in [9.17, 15) is 9.18 Å². The van der Waals surface area contributed by atoms with Crippen molar-refractivity contribution >= 4 is 23.3 Å². The Bertz CT molecular complexity index is 1230. The number of rotatable bonds is 6. The van der Waals surface area contributed by atoms with E-state index in [1.807, 2.05) is 11.8 Å². The zero-order valence-corrected chi connectivity index (χ0v) is 22.0. The van der Waals surface area contributed by atoms with Crippen molar-refractivity contribution in [2.24, 2.45) is 0 Å². The van der Waals surface area contributed by atoms with Gasteiger partial charge in [0.2, 0.25) is 0 Å². The number of aromatic nitrogens is 5. The van der Waals surface area contributed by atoms with Crippen LogP contribution >= 0.6 is 11.6 Å². The Morgan fingerprint density at radius 3 is 2.68 bits per heavy atom. The average Bonchev–Trinajstić information content (AvgIpc) is 3.45. The molecular formula is C26H32ClFN8O. The number of hydrogen-bond donors (Lipinski definition) is 1. The van der Waals surface area contributed by atoms with Crippen molar-refractivity contribution in [3.63, 3.8) is 0 Å². The number of nitrogens with zero attached hydrogens (tertiary/aromatic N) is 7. The maximum atomic E-state index is 13.9. The number of aryl methyl sites for hydroxylation is 1. The fourth-order valence-corrected chi connectivity index (χ4v) is 5.69. The Kier molecular flexibility index (Phi) is 7.66. The number of likely N-dealkylation sites (tertiary alicyclic amines) is 1. The molecule has 196 valence electrons. The number of aromatic amines is 1. The molecular weight excluding hydrogens is 495 g/mol. The Morgan fingerprint density at radius 2 is 2.00 bits per heavy atom. The van der Waals surface area contributed by atoms with Gasteiger partial charge in [0.25, 0.3) is 5.91 Å². The summed E-state index contributed by atoms with van der Waals surface area (Å²) in [5.41, 5.74) is 1.91.